The second-order valence-electron chi connectivity index (χ2n) is 12.7. The van der Waals surface area contributed by atoms with Crippen LogP contribution in [0, 0.1) is 47.3 Å². The minimum absolute atomic E-state index is 0.101. The maximum absolute atomic E-state index is 14.9. The maximum atomic E-state index is 14.9. The molecule has 8 atom stereocenters. The van der Waals surface area contributed by atoms with Crippen LogP contribution in [0.2, 0.25) is 0 Å². The molecule has 0 aliphatic heterocycles. The number of aryl methyl sites for hydroxylation is 1. The Hall–Kier alpha value is -1.23. The van der Waals surface area contributed by atoms with Crippen LogP contribution in [-0.2, 0) is 0 Å². The maximum Gasteiger partial charge on any atom is 0.325 e. The van der Waals surface area contributed by atoms with Crippen molar-refractivity contribution in [2.45, 2.75) is 102 Å². The summed E-state index contributed by atoms with van der Waals surface area (Å²) in [6, 6.07) is 8.07. The van der Waals surface area contributed by atoms with E-state index in [0.717, 1.165) is 60.8 Å². The van der Waals surface area contributed by atoms with Crippen LogP contribution < -0.4 is 10.0 Å². The van der Waals surface area contributed by atoms with Gasteiger partial charge in [-0.1, -0.05) is 26.0 Å². The largest absolute Gasteiger partial charge is 0.337 e. The van der Waals surface area contributed by atoms with Gasteiger partial charge in [0, 0.05) is 11.4 Å². The first kappa shape index (κ1) is 25.4. The summed E-state index contributed by atoms with van der Waals surface area (Å²) >= 11 is 1.37. The number of hydrogen-bond donors (Lipinski definition) is 2. The van der Waals surface area contributed by atoms with Gasteiger partial charge in [0.05, 0.1) is 0 Å². The minimum Gasteiger partial charge on any atom is -0.337 e. The molecule has 0 saturated heterocycles. The van der Waals surface area contributed by atoms with Gasteiger partial charge in [-0.05, 0) is 148 Å². The van der Waals surface area contributed by atoms with E-state index in [4.69, 9.17) is 0 Å². The van der Waals surface area contributed by atoms with Crippen LogP contribution in [0.5, 0.6) is 0 Å². The van der Waals surface area contributed by atoms with E-state index >= 15 is 0 Å². The summed E-state index contributed by atoms with van der Waals surface area (Å²) in [5, 5.41) is 3.06. The monoisotopic (exact) mass is 500 g/mol. The topological polar surface area (TPSA) is 41.1 Å². The summed E-state index contributed by atoms with van der Waals surface area (Å²) in [4.78, 5) is 13.3. The van der Waals surface area contributed by atoms with E-state index in [2.05, 4.69) is 42.9 Å². The molecule has 5 rings (SSSR count). The highest BCUT2D eigenvalue weighted by molar-refractivity contribution is 7.98. The Kier molecular flexibility index (Phi) is 7.45. The standard InChI is InChI=1S/C30H45FN2OS/c1-20-7-4-9-22(19-20)35-33-28(34)32-18-6-8-21-11-13-24-23-12-14-26-27(31)10-5-16-30(26,3)25(23)15-17-29(21,24)2/h4,7,9,19,21,23-27H,5-6,8,10-18H2,1-3H3,(H2,32,33,34). The predicted octanol–water partition coefficient (Wildman–Crippen LogP) is 8.08. The molecule has 1 aromatic carbocycles. The van der Waals surface area contributed by atoms with Crippen molar-refractivity contribution >= 4 is 18.0 Å². The van der Waals surface area contributed by atoms with Gasteiger partial charge in [0.15, 0.2) is 0 Å². The van der Waals surface area contributed by atoms with Crippen LogP contribution in [0.3, 0.4) is 0 Å². The van der Waals surface area contributed by atoms with Crippen molar-refractivity contribution in [1.82, 2.24) is 10.0 Å². The zero-order chi connectivity index (χ0) is 24.6. The lowest BCUT2D eigenvalue weighted by Gasteiger charge is -2.61. The molecule has 4 saturated carbocycles. The molecule has 0 bridgehead atoms. The van der Waals surface area contributed by atoms with Crippen molar-refractivity contribution in [2.24, 2.45) is 40.4 Å². The molecule has 0 aromatic heterocycles. The lowest BCUT2D eigenvalue weighted by molar-refractivity contribution is -0.130. The van der Waals surface area contributed by atoms with E-state index in [-0.39, 0.29) is 11.4 Å². The van der Waals surface area contributed by atoms with Gasteiger partial charge in [-0.3, -0.25) is 4.72 Å². The fraction of sp³-hybridized carbons (Fsp3) is 0.767. The Labute approximate surface area is 216 Å². The molecule has 8 unspecified atom stereocenters. The van der Waals surface area contributed by atoms with E-state index in [0.29, 0.717) is 11.3 Å². The smallest absolute Gasteiger partial charge is 0.325 e. The Morgan fingerprint density at radius 1 is 1.03 bits per heavy atom. The van der Waals surface area contributed by atoms with Gasteiger partial charge < -0.3 is 5.32 Å². The summed E-state index contributed by atoms with van der Waals surface area (Å²) in [5.41, 5.74) is 1.88. The van der Waals surface area contributed by atoms with Gasteiger partial charge in [0.25, 0.3) is 0 Å². The Balaban J connectivity index is 1.10. The fourth-order valence-corrected chi connectivity index (χ4v) is 9.96. The van der Waals surface area contributed by atoms with Crippen molar-refractivity contribution in [2.75, 3.05) is 6.54 Å². The summed E-state index contributed by atoms with van der Waals surface area (Å²) < 4.78 is 17.8. The highest BCUT2D eigenvalue weighted by atomic mass is 32.2. The first-order chi connectivity index (χ1) is 16.8. The van der Waals surface area contributed by atoms with Gasteiger partial charge in [-0.15, -0.1) is 0 Å². The van der Waals surface area contributed by atoms with Crippen LogP contribution in [0.4, 0.5) is 9.18 Å². The second-order valence-corrected chi connectivity index (χ2v) is 13.6. The average Bonchev–Trinajstić information content (AvgIpc) is 3.17. The third kappa shape index (κ3) is 4.88. The van der Waals surface area contributed by atoms with Crippen molar-refractivity contribution in [3.8, 4) is 0 Å². The van der Waals surface area contributed by atoms with E-state index < -0.39 is 6.17 Å². The zero-order valence-corrected chi connectivity index (χ0v) is 22.8. The Morgan fingerprint density at radius 2 is 1.83 bits per heavy atom. The van der Waals surface area contributed by atoms with Gasteiger partial charge >= 0.3 is 6.03 Å². The molecular weight excluding hydrogens is 455 g/mol. The molecule has 194 valence electrons. The summed E-state index contributed by atoms with van der Waals surface area (Å²) in [6.07, 6.45) is 12.6. The number of benzene rings is 1. The molecular formula is C30H45FN2OS. The summed E-state index contributed by atoms with van der Waals surface area (Å²) in [5.74, 6) is 3.47. The zero-order valence-electron chi connectivity index (χ0n) is 22.0. The van der Waals surface area contributed by atoms with Crippen LogP contribution in [0.25, 0.3) is 0 Å². The van der Waals surface area contributed by atoms with Crippen molar-refractivity contribution < 1.29 is 9.18 Å². The number of nitrogens with one attached hydrogen (secondary N) is 2. The molecule has 2 N–H and O–H groups in total. The van der Waals surface area contributed by atoms with E-state index in [1.54, 1.807) is 0 Å². The lowest BCUT2D eigenvalue weighted by atomic mass is 9.44. The molecule has 35 heavy (non-hydrogen) atoms. The first-order valence-electron chi connectivity index (χ1n) is 14.2. The molecule has 0 radical (unpaired) electrons. The minimum atomic E-state index is -0.556. The molecule has 4 aliphatic rings. The lowest BCUT2D eigenvalue weighted by Crippen LogP contribution is -2.54. The Bertz CT molecular complexity index is 910. The molecule has 2 amide bonds. The molecule has 4 fully saturated rings. The van der Waals surface area contributed by atoms with Crippen LogP contribution in [0.15, 0.2) is 29.2 Å². The van der Waals surface area contributed by atoms with Crippen molar-refractivity contribution in [3.63, 3.8) is 0 Å². The highest BCUT2D eigenvalue weighted by Crippen LogP contribution is 2.68. The number of carbonyl (C=O) groups excluding carboxylic acids is 1. The summed E-state index contributed by atoms with van der Waals surface area (Å²) in [6.45, 7) is 7.84. The quantitative estimate of drug-likeness (QED) is 0.306. The summed E-state index contributed by atoms with van der Waals surface area (Å²) in [7, 11) is 0. The second kappa shape index (κ2) is 10.3. The SMILES string of the molecule is Cc1cccc(SNC(=O)NCCCC2CCC3C4CCC5C(F)CCCC5(C)C4CCC23C)c1. The highest BCUT2D eigenvalue weighted by Gasteiger charge is 2.60. The number of alkyl halides is 1. The third-order valence-electron chi connectivity index (χ3n) is 11.0. The van der Waals surface area contributed by atoms with Crippen LogP contribution >= 0.6 is 11.9 Å². The number of amides is 2. The van der Waals surface area contributed by atoms with E-state index in [1.807, 2.05) is 12.1 Å². The van der Waals surface area contributed by atoms with Crippen molar-refractivity contribution in [1.29, 1.82) is 0 Å². The van der Waals surface area contributed by atoms with Crippen LogP contribution in [-0.4, -0.2) is 18.7 Å². The fourth-order valence-electron chi connectivity index (χ4n) is 9.28. The number of rotatable bonds is 6. The molecule has 3 nitrogen and oxygen atoms in total. The van der Waals surface area contributed by atoms with Gasteiger partial charge in [0.2, 0.25) is 0 Å². The predicted molar refractivity (Wildman–Crippen MR) is 143 cm³/mol. The Morgan fingerprint density at radius 3 is 2.66 bits per heavy atom. The third-order valence-corrected chi connectivity index (χ3v) is 11.8. The molecule has 1 aromatic rings. The van der Waals surface area contributed by atoms with Crippen LogP contribution in [0.1, 0.15) is 90.0 Å². The van der Waals surface area contributed by atoms with Crippen molar-refractivity contribution in [3.05, 3.63) is 29.8 Å². The van der Waals surface area contributed by atoms with E-state index in [9.17, 15) is 9.18 Å². The van der Waals surface area contributed by atoms with Gasteiger partial charge in [-0.2, -0.15) is 0 Å². The number of hydrogen-bond acceptors (Lipinski definition) is 2. The normalized spacial score (nSPS) is 40.3. The molecule has 5 heteroatoms. The van der Waals surface area contributed by atoms with Gasteiger partial charge in [-0.25, -0.2) is 9.18 Å². The van der Waals surface area contributed by atoms with E-state index in [1.165, 1.54) is 62.5 Å². The average molecular weight is 501 g/mol. The number of fused-ring (bicyclic) bond motifs is 5. The molecule has 0 heterocycles. The molecule has 0 spiro atoms. The van der Waals surface area contributed by atoms with Gasteiger partial charge in [0.1, 0.15) is 6.17 Å². The number of halogens is 1. The number of carbonyl (C=O) groups is 1. The first-order valence-corrected chi connectivity index (χ1v) is 15.0. The number of urea groups is 1. The molecule has 4 aliphatic carbocycles.